The first-order valence-corrected chi connectivity index (χ1v) is 10.1. The highest BCUT2D eigenvalue weighted by Crippen LogP contribution is 2.37. The minimum absolute atomic E-state index is 0.0390. The fourth-order valence-corrected chi connectivity index (χ4v) is 3.17. The molecular weight excluding hydrogens is 465 g/mol. The van der Waals surface area contributed by atoms with Gasteiger partial charge in [0.15, 0.2) is 11.5 Å². The van der Waals surface area contributed by atoms with E-state index < -0.39 is 16.6 Å². The summed E-state index contributed by atoms with van der Waals surface area (Å²) >= 11 is 6.35. The molecule has 34 heavy (non-hydrogen) atoms. The fourth-order valence-electron chi connectivity index (χ4n) is 2.90. The normalized spacial score (nSPS) is 10.8. The van der Waals surface area contributed by atoms with E-state index in [0.717, 1.165) is 0 Å². The van der Waals surface area contributed by atoms with Gasteiger partial charge in [-0.25, -0.2) is 4.39 Å². The Morgan fingerprint density at radius 3 is 2.56 bits per heavy atom. The second-order valence-electron chi connectivity index (χ2n) is 6.85. The molecule has 0 unspecified atom stereocenters. The van der Waals surface area contributed by atoms with Gasteiger partial charge >= 0.3 is 0 Å². The topological polar surface area (TPSA) is 114 Å². The number of hydrogen-bond donors (Lipinski definition) is 1. The zero-order valence-electron chi connectivity index (χ0n) is 17.7. The third-order valence-electron chi connectivity index (χ3n) is 4.58. The molecule has 172 valence electrons. The Labute approximate surface area is 198 Å². The smallest absolute Gasteiger partial charge is 0.269 e. The maximum absolute atomic E-state index is 13.8. The van der Waals surface area contributed by atoms with Crippen LogP contribution in [0.2, 0.25) is 5.02 Å². The molecule has 8 nitrogen and oxygen atoms in total. The number of ether oxygens (including phenoxy) is 2. The third kappa shape index (κ3) is 5.88. The molecule has 0 atom stereocenters. The van der Waals surface area contributed by atoms with E-state index in [-0.39, 0.29) is 40.1 Å². The number of carbonyl (C=O) groups excluding carboxylic acids is 1. The van der Waals surface area contributed by atoms with Gasteiger partial charge < -0.3 is 14.8 Å². The lowest BCUT2D eigenvalue weighted by molar-refractivity contribution is -0.384. The van der Waals surface area contributed by atoms with Gasteiger partial charge in [-0.05, 0) is 53.6 Å². The first-order valence-electron chi connectivity index (χ1n) is 9.73. The van der Waals surface area contributed by atoms with E-state index in [2.05, 4.69) is 5.32 Å². The van der Waals surface area contributed by atoms with Crippen LogP contribution in [0.1, 0.15) is 11.1 Å². The second-order valence-corrected chi connectivity index (χ2v) is 7.26. The Hall–Kier alpha value is -4.42. The van der Waals surface area contributed by atoms with Crippen molar-refractivity contribution in [1.82, 2.24) is 0 Å². The van der Waals surface area contributed by atoms with Crippen LogP contribution < -0.4 is 14.8 Å². The molecule has 0 aliphatic rings. The number of nitrogens with zero attached hydrogens (tertiary/aromatic N) is 2. The molecule has 3 aromatic rings. The number of para-hydroxylation sites is 1. The molecule has 0 aliphatic heterocycles. The Bertz CT molecular complexity index is 1300. The molecular formula is C24H17ClFN3O5. The highest BCUT2D eigenvalue weighted by molar-refractivity contribution is 6.32. The number of rotatable bonds is 8. The van der Waals surface area contributed by atoms with Crippen LogP contribution in [0.4, 0.5) is 15.8 Å². The lowest BCUT2D eigenvalue weighted by Gasteiger charge is -2.13. The number of anilines is 1. The Balaban J connectivity index is 1.80. The van der Waals surface area contributed by atoms with Gasteiger partial charge in [0.2, 0.25) is 0 Å². The van der Waals surface area contributed by atoms with E-state index in [9.17, 15) is 24.6 Å². The third-order valence-corrected chi connectivity index (χ3v) is 4.86. The molecule has 1 amide bonds. The quantitative estimate of drug-likeness (QED) is 0.196. The number of nitriles is 1. The zero-order valence-corrected chi connectivity index (χ0v) is 18.5. The van der Waals surface area contributed by atoms with Gasteiger partial charge in [-0.3, -0.25) is 14.9 Å². The number of non-ortho nitro benzene ring substituents is 1. The number of carbonyl (C=O) groups is 1. The molecule has 0 fully saturated rings. The number of halogens is 2. The highest BCUT2D eigenvalue weighted by atomic mass is 35.5. The van der Waals surface area contributed by atoms with E-state index >= 15 is 0 Å². The van der Waals surface area contributed by atoms with E-state index in [1.807, 2.05) is 0 Å². The molecule has 0 aromatic heterocycles. The summed E-state index contributed by atoms with van der Waals surface area (Å²) in [6, 6.07) is 16.2. The Morgan fingerprint density at radius 2 is 1.94 bits per heavy atom. The van der Waals surface area contributed by atoms with Crippen molar-refractivity contribution in [3.8, 4) is 17.6 Å². The summed E-state index contributed by atoms with van der Waals surface area (Å²) in [5.74, 6) is -0.963. The monoisotopic (exact) mass is 481 g/mol. The largest absolute Gasteiger partial charge is 0.493 e. The summed E-state index contributed by atoms with van der Waals surface area (Å²) in [6.07, 6.45) is 1.28. The molecule has 10 heteroatoms. The van der Waals surface area contributed by atoms with Crippen molar-refractivity contribution >= 4 is 35.0 Å². The minimum Gasteiger partial charge on any atom is -0.493 e. The molecule has 3 aromatic carbocycles. The van der Waals surface area contributed by atoms with E-state index in [0.29, 0.717) is 11.1 Å². The SMILES string of the molecule is COc1cc(/C=C(/C#N)C(=O)Nc2ccccc2F)cc(Cl)c1OCc1ccc([N+](=O)[O-])cc1. The molecule has 0 spiro atoms. The molecule has 0 saturated carbocycles. The van der Waals surface area contributed by atoms with Gasteiger partial charge in [-0.15, -0.1) is 0 Å². The van der Waals surface area contributed by atoms with Crippen LogP contribution in [0.5, 0.6) is 11.5 Å². The van der Waals surface area contributed by atoms with Crippen molar-refractivity contribution in [2.75, 3.05) is 12.4 Å². The first-order chi connectivity index (χ1) is 16.3. The molecule has 0 heterocycles. The van der Waals surface area contributed by atoms with Gasteiger partial charge in [0.1, 0.15) is 24.1 Å². The van der Waals surface area contributed by atoms with Gasteiger partial charge in [-0.2, -0.15) is 5.26 Å². The molecule has 0 saturated heterocycles. The van der Waals surface area contributed by atoms with Crippen LogP contribution in [0, 0.1) is 27.3 Å². The number of hydrogen-bond acceptors (Lipinski definition) is 6. The van der Waals surface area contributed by atoms with Crippen molar-refractivity contribution in [2.45, 2.75) is 6.61 Å². The fraction of sp³-hybridized carbons (Fsp3) is 0.0833. The molecule has 1 N–H and O–H groups in total. The van der Waals surface area contributed by atoms with E-state index in [1.165, 1.54) is 55.7 Å². The van der Waals surface area contributed by atoms with Crippen molar-refractivity contribution < 1.29 is 23.6 Å². The van der Waals surface area contributed by atoms with Crippen molar-refractivity contribution in [3.63, 3.8) is 0 Å². The van der Waals surface area contributed by atoms with Crippen molar-refractivity contribution in [2.24, 2.45) is 0 Å². The minimum atomic E-state index is -0.791. The maximum atomic E-state index is 13.8. The van der Waals surface area contributed by atoms with Gasteiger partial charge in [0.25, 0.3) is 11.6 Å². The number of nitro groups is 1. The summed E-state index contributed by atoms with van der Waals surface area (Å²) < 4.78 is 24.9. The predicted octanol–water partition coefficient (Wildman–Crippen LogP) is 5.52. The number of nitrogens with one attached hydrogen (secondary N) is 1. The van der Waals surface area contributed by atoms with Crippen molar-refractivity contribution in [3.05, 3.63) is 98.3 Å². The van der Waals surface area contributed by atoms with Crippen LogP contribution in [0.15, 0.2) is 66.2 Å². The average Bonchev–Trinajstić information content (AvgIpc) is 2.83. The Kier molecular flexibility index (Phi) is 7.79. The Morgan fingerprint density at radius 1 is 1.24 bits per heavy atom. The lowest BCUT2D eigenvalue weighted by Crippen LogP contribution is -2.14. The standard InChI is InChI=1S/C24H17ClFN3O5/c1-33-22-12-16(10-17(13-27)24(30)28-21-5-3-2-4-20(21)26)11-19(25)23(22)34-14-15-6-8-18(9-7-15)29(31)32/h2-12H,14H2,1H3,(H,28,30)/b17-10-. The summed E-state index contributed by atoms with van der Waals surface area (Å²) in [5, 5.41) is 22.7. The molecule has 0 bridgehead atoms. The van der Waals surface area contributed by atoms with E-state index in [1.54, 1.807) is 24.3 Å². The van der Waals surface area contributed by atoms with Gasteiger partial charge in [-0.1, -0.05) is 23.7 Å². The molecule has 0 radical (unpaired) electrons. The lowest BCUT2D eigenvalue weighted by atomic mass is 10.1. The van der Waals surface area contributed by atoms with Gasteiger partial charge in [0.05, 0.1) is 22.7 Å². The van der Waals surface area contributed by atoms with Crippen LogP contribution in [0.3, 0.4) is 0 Å². The zero-order chi connectivity index (χ0) is 24.7. The number of amides is 1. The average molecular weight is 482 g/mol. The summed E-state index contributed by atoms with van der Waals surface area (Å²) in [6.45, 7) is 0.0672. The van der Waals surface area contributed by atoms with Crippen molar-refractivity contribution in [1.29, 1.82) is 5.26 Å². The highest BCUT2D eigenvalue weighted by Gasteiger charge is 2.16. The van der Waals surface area contributed by atoms with Crippen LogP contribution in [0.25, 0.3) is 6.08 Å². The van der Waals surface area contributed by atoms with Gasteiger partial charge in [0, 0.05) is 12.1 Å². The van der Waals surface area contributed by atoms with E-state index in [4.69, 9.17) is 21.1 Å². The predicted molar refractivity (Wildman–Crippen MR) is 124 cm³/mol. The molecule has 0 aliphatic carbocycles. The summed E-state index contributed by atoms with van der Waals surface area (Å²) in [7, 11) is 1.40. The maximum Gasteiger partial charge on any atom is 0.269 e. The summed E-state index contributed by atoms with van der Waals surface area (Å²) in [5.41, 5.74) is 0.678. The number of benzene rings is 3. The first kappa shape index (κ1) is 24.2. The second kappa shape index (κ2) is 10.9. The summed E-state index contributed by atoms with van der Waals surface area (Å²) in [4.78, 5) is 22.7. The number of methoxy groups -OCH3 is 1. The van der Waals surface area contributed by atoms with Crippen LogP contribution in [-0.2, 0) is 11.4 Å². The van der Waals surface area contributed by atoms with Crippen LogP contribution in [-0.4, -0.2) is 17.9 Å². The van der Waals surface area contributed by atoms with Crippen LogP contribution >= 0.6 is 11.6 Å². The number of nitro benzene ring substituents is 1. The molecule has 3 rings (SSSR count).